The molecule has 3 aromatic rings. The Morgan fingerprint density at radius 2 is 1.87 bits per heavy atom. The van der Waals surface area contributed by atoms with E-state index in [1.165, 1.54) is 21.5 Å². The van der Waals surface area contributed by atoms with E-state index < -0.39 is 0 Å². The highest BCUT2D eigenvalue weighted by molar-refractivity contribution is 7.15. The van der Waals surface area contributed by atoms with E-state index >= 15 is 0 Å². The highest BCUT2D eigenvalue weighted by atomic mass is 32.1. The SMILES string of the molecule is CN1CCN(Cc2cnc(-c3cc4ccccc4n3C)s2)CC1. The fourth-order valence-electron chi connectivity index (χ4n) is 3.22. The second-order valence-corrected chi connectivity index (χ2v) is 7.47. The van der Waals surface area contributed by atoms with Crippen molar-refractivity contribution < 1.29 is 0 Å². The molecule has 1 saturated heterocycles. The van der Waals surface area contributed by atoms with Gasteiger partial charge in [-0.25, -0.2) is 4.98 Å². The first-order chi connectivity index (χ1) is 11.2. The van der Waals surface area contributed by atoms with Crippen LogP contribution in [0.1, 0.15) is 4.88 Å². The molecule has 0 bridgehead atoms. The van der Waals surface area contributed by atoms with Crippen LogP contribution in [-0.2, 0) is 13.6 Å². The summed E-state index contributed by atoms with van der Waals surface area (Å²) in [7, 11) is 4.32. The fraction of sp³-hybridized carbons (Fsp3) is 0.389. The molecular formula is C18H22N4S. The van der Waals surface area contributed by atoms with Gasteiger partial charge in [-0.2, -0.15) is 0 Å². The van der Waals surface area contributed by atoms with Crippen molar-refractivity contribution in [1.29, 1.82) is 0 Å². The molecule has 23 heavy (non-hydrogen) atoms. The quantitative estimate of drug-likeness (QED) is 0.739. The van der Waals surface area contributed by atoms with Gasteiger partial charge >= 0.3 is 0 Å². The maximum absolute atomic E-state index is 4.68. The molecule has 0 unspecified atom stereocenters. The third-order valence-electron chi connectivity index (χ3n) is 4.70. The Balaban J connectivity index is 1.56. The maximum Gasteiger partial charge on any atom is 0.140 e. The van der Waals surface area contributed by atoms with Crippen molar-refractivity contribution in [3.63, 3.8) is 0 Å². The van der Waals surface area contributed by atoms with Gasteiger partial charge in [-0.15, -0.1) is 11.3 Å². The van der Waals surface area contributed by atoms with Crippen LogP contribution in [0, 0.1) is 0 Å². The predicted molar refractivity (Wildman–Crippen MR) is 96.8 cm³/mol. The van der Waals surface area contributed by atoms with Crippen LogP contribution in [0.2, 0.25) is 0 Å². The van der Waals surface area contributed by atoms with Gasteiger partial charge in [0.05, 0.1) is 5.69 Å². The molecule has 1 aliphatic heterocycles. The first-order valence-corrected chi connectivity index (χ1v) is 8.93. The second kappa shape index (κ2) is 6.07. The standard InChI is InChI=1S/C18H22N4S/c1-20-7-9-22(10-8-20)13-15-12-19-18(23-15)17-11-14-5-3-4-6-16(14)21(17)2/h3-6,11-12H,7-10,13H2,1-2H3. The molecule has 4 nitrogen and oxygen atoms in total. The zero-order chi connectivity index (χ0) is 15.8. The first kappa shape index (κ1) is 14.9. The molecule has 0 N–H and O–H groups in total. The molecule has 3 heterocycles. The second-order valence-electron chi connectivity index (χ2n) is 6.36. The molecule has 4 rings (SSSR count). The van der Waals surface area contributed by atoms with Crippen molar-refractivity contribution in [1.82, 2.24) is 19.4 Å². The average Bonchev–Trinajstić information content (AvgIpc) is 3.15. The highest BCUT2D eigenvalue weighted by Gasteiger charge is 2.16. The molecule has 0 spiro atoms. The number of hydrogen-bond acceptors (Lipinski definition) is 4. The summed E-state index contributed by atoms with van der Waals surface area (Å²) in [4.78, 5) is 11.0. The molecule has 1 aromatic carbocycles. The van der Waals surface area contributed by atoms with E-state index in [1.54, 1.807) is 0 Å². The van der Waals surface area contributed by atoms with Crippen molar-refractivity contribution in [2.24, 2.45) is 7.05 Å². The number of hydrogen-bond donors (Lipinski definition) is 0. The molecule has 0 atom stereocenters. The maximum atomic E-state index is 4.68. The smallest absolute Gasteiger partial charge is 0.140 e. The van der Waals surface area contributed by atoms with Gasteiger partial charge in [0.1, 0.15) is 5.01 Å². The molecule has 5 heteroatoms. The molecule has 1 aliphatic rings. The van der Waals surface area contributed by atoms with E-state index in [4.69, 9.17) is 0 Å². The van der Waals surface area contributed by atoms with Gasteiger partial charge in [0.25, 0.3) is 0 Å². The monoisotopic (exact) mass is 326 g/mol. The molecule has 1 fully saturated rings. The number of piperazine rings is 1. The summed E-state index contributed by atoms with van der Waals surface area (Å²) in [5.41, 5.74) is 2.47. The van der Waals surface area contributed by atoms with Crippen molar-refractivity contribution in [2.45, 2.75) is 6.54 Å². The van der Waals surface area contributed by atoms with Gasteiger partial charge in [-0.3, -0.25) is 4.90 Å². The number of nitrogens with zero attached hydrogens (tertiary/aromatic N) is 4. The third kappa shape index (κ3) is 2.92. The Bertz CT molecular complexity index is 811. The van der Waals surface area contributed by atoms with E-state index in [0.29, 0.717) is 0 Å². The Hall–Kier alpha value is -1.69. The van der Waals surface area contributed by atoms with Crippen LogP contribution < -0.4 is 0 Å². The third-order valence-corrected chi connectivity index (χ3v) is 5.70. The Kier molecular flexibility index (Phi) is 3.93. The van der Waals surface area contributed by atoms with E-state index in [-0.39, 0.29) is 0 Å². The van der Waals surface area contributed by atoms with Gasteiger partial charge in [0.2, 0.25) is 0 Å². The first-order valence-electron chi connectivity index (χ1n) is 8.11. The topological polar surface area (TPSA) is 24.3 Å². The molecule has 0 aliphatic carbocycles. The lowest BCUT2D eigenvalue weighted by Crippen LogP contribution is -2.43. The Morgan fingerprint density at radius 3 is 2.65 bits per heavy atom. The van der Waals surface area contributed by atoms with E-state index in [1.807, 2.05) is 11.3 Å². The van der Waals surface area contributed by atoms with Gasteiger partial charge in [0.15, 0.2) is 0 Å². The lowest BCUT2D eigenvalue weighted by atomic mass is 10.2. The zero-order valence-electron chi connectivity index (χ0n) is 13.7. The van der Waals surface area contributed by atoms with E-state index in [2.05, 4.69) is 70.0 Å². The summed E-state index contributed by atoms with van der Waals surface area (Å²) >= 11 is 1.82. The number of aromatic nitrogens is 2. The minimum Gasteiger partial charge on any atom is -0.342 e. The van der Waals surface area contributed by atoms with Gasteiger partial charge in [-0.05, 0) is 19.2 Å². The molecule has 0 amide bonds. The lowest BCUT2D eigenvalue weighted by molar-refractivity contribution is 0.149. The number of rotatable bonds is 3. The van der Waals surface area contributed by atoms with Gasteiger partial charge in [0, 0.05) is 61.7 Å². The summed E-state index contributed by atoms with van der Waals surface area (Å²) < 4.78 is 2.24. The summed E-state index contributed by atoms with van der Waals surface area (Å²) in [6.45, 7) is 5.65. The van der Waals surface area contributed by atoms with Crippen molar-refractivity contribution >= 4 is 22.2 Å². The summed E-state index contributed by atoms with van der Waals surface area (Å²) in [6.07, 6.45) is 2.05. The molecule has 120 valence electrons. The van der Waals surface area contributed by atoms with E-state index in [9.17, 15) is 0 Å². The molecular weight excluding hydrogens is 304 g/mol. The fourth-order valence-corrected chi connectivity index (χ4v) is 4.23. The van der Waals surface area contributed by atoms with Crippen LogP contribution in [0.4, 0.5) is 0 Å². The van der Waals surface area contributed by atoms with Crippen LogP contribution >= 0.6 is 11.3 Å². The Labute approximate surface area is 141 Å². The average molecular weight is 326 g/mol. The largest absolute Gasteiger partial charge is 0.342 e. The number of aryl methyl sites for hydroxylation is 1. The minimum atomic E-state index is 1.02. The van der Waals surface area contributed by atoms with E-state index in [0.717, 1.165) is 37.7 Å². The van der Waals surface area contributed by atoms with Crippen LogP contribution in [0.25, 0.3) is 21.6 Å². The van der Waals surface area contributed by atoms with Crippen molar-refractivity contribution in [2.75, 3.05) is 33.2 Å². The van der Waals surface area contributed by atoms with Crippen molar-refractivity contribution in [3.05, 3.63) is 41.4 Å². The number of benzene rings is 1. The van der Waals surface area contributed by atoms with Crippen molar-refractivity contribution in [3.8, 4) is 10.7 Å². The van der Waals surface area contributed by atoms with Crippen LogP contribution in [0.5, 0.6) is 0 Å². The molecule has 0 radical (unpaired) electrons. The van der Waals surface area contributed by atoms with Gasteiger partial charge in [-0.1, -0.05) is 18.2 Å². The Morgan fingerprint density at radius 1 is 1.09 bits per heavy atom. The van der Waals surface area contributed by atoms with Crippen LogP contribution in [0.15, 0.2) is 36.5 Å². The summed E-state index contributed by atoms with van der Waals surface area (Å²) in [6, 6.07) is 10.8. The lowest BCUT2D eigenvalue weighted by Gasteiger charge is -2.31. The normalized spacial score (nSPS) is 17.1. The molecule has 0 saturated carbocycles. The van der Waals surface area contributed by atoms with Gasteiger partial charge < -0.3 is 9.47 Å². The van der Waals surface area contributed by atoms with Crippen LogP contribution in [-0.4, -0.2) is 52.6 Å². The predicted octanol–water partition coefficient (Wildman–Crippen LogP) is 3.05. The molecule has 2 aromatic heterocycles. The highest BCUT2D eigenvalue weighted by Crippen LogP contribution is 2.30. The zero-order valence-corrected chi connectivity index (χ0v) is 14.5. The number of likely N-dealkylation sites (N-methyl/N-ethyl adjacent to an activating group) is 1. The minimum absolute atomic E-state index is 1.02. The summed E-state index contributed by atoms with van der Waals surface area (Å²) in [5.74, 6) is 0. The number of fused-ring (bicyclic) bond motifs is 1. The van der Waals surface area contributed by atoms with Crippen LogP contribution in [0.3, 0.4) is 0 Å². The number of para-hydroxylation sites is 1. The summed E-state index contributed by atoms with van der Waals surface area (Å²) in [5, 5.41) is 2.40. The number of thiazole rings is 1.